The van der Waals surface area contributed by atoms with Gasteiger partial charge in [-0.3, -0.25) is 23.9 Å². The maximum absolute atomic E-state index is 13.0. The van der Waals surface area contributed by atoms with Crippen molar-refractivity contribution >= 4 is 23.5 Å². The molecule has 1 aromatic heterocycles. The predicted octanol–water partition coefficient (Wildman–Crippen LogP) is 1.32. The lowest BCUT2D eigenvalue weighted by atomic mass is 10.1. The van der Waals surface area contributed by atoms with Gasteiger partial charge in [-0.05, 0) is 37.6 Å². The number of anilines is 1. The molecular formula is C21H26N4O7. The second-order valence-corrected chi connectivity index (χ2v) is 7.50. The van der Waals surface area contributed by atoms with Gasteiger partial charge in [0.15, 0.2) is 11.9 Å². The molecule has 1 aliphatic heterocycles. The SMILES string of the molecule is CCCC(C)N1CCO[C@H]([C@@H](OC(C)=O)C(=O)Nc2ccc(-c3noc(=O)[nH]3)cc2)C1=O. The van der Waals surface area contributed by atoms with Gasteiger partial charge in [-0.25, -0.2) is 4.79 Å². The summed E-state index contributed by atoms with van der Waals surface area (Å²) < 4.78 is 15.2. The number of hydrogen-bond donors (Lipinski definition) is 2. The predicted molar refractivity (Wildman–Crippen MR) is 113 cm³/mol. The van der Waals surface area contributed by atoms with Gasteiger partial charge in [0.2, 0.25) is 6.10 Å². The molecule has 2 amide bonds. The number of aromatic nitrogens is 2. The number of carbonyl (C=O) groups excluding carboxylic acids is 3. The number of aromatic amines is 1. The van der Waals surface area contributed by atoms with Gasteiger partial charge in [-0.15, -0.1) is 0 Å². The Morgan fingerprint density at radius 1 is 1.31 bits per heavy atom. The molecule has 1 saturated heterocycles. The van der Waals surface area contributed by atoms with Crippen LogP contribution >= 0.6 is 0 Å². The lowest BCUT2D eigenvalue weighted by Gasteiger charge is -2.38. The Bertz CT molecular complexity index is 1010. The molecule has 3 rings (SSSR count). The van der Waals surface area contributed by atoms with E-state index in [-0.39, 0.29) is 24.4 Å². The zero-order valence-electron chi connectivity index (χ0n) is 18.1. The van der Waals surface area contributed by atoms with Gasteiger partial charge in [-0.2, -0.15) is 0 Å². The fraction of sp³-hybridized carbons (Fsp3) is 0.476. The Morgan fingerprint density at radius 2 is 2.03 bits per heavy atom. The Hall–Kier alpha value is -3.47. The van der Waals surface area contributed by atoms with Crippen LogP contribution in [0, 0.1) is 0 Å². The number of H-pyrrole nitrogens is 1. The van der Waals surface area contributed by atoms with Crippen molar-refractivity contribution in [1.29, 1.82) is 0 Å². The largest absolute Gasteiger partial charge is 0.449 e. The van der Waals surface area contributed by atoms with Crippen molar-refractivity contribution < 1.29 is 28.4 Å². The molecule has 1 aromatic carbocycles. The van der Waals surface area contributed by atoms with Crippen molar-refractivity contribution in [3.05, 3.63) is 34.8 Å². The molecule has 2 N–H and O–H groups in total. The minimum absolute atomic E-state index is 0.0181. The van der Waals surface area contributed by atoms with E-state index in [0.717, 1.165) is 12.8 Å². The monoisotopic (exact) mass is 446 g/mol. The van der Waals surface area contributed by atoms with Gasteiger partial charge >= 0.3 is 11.7 Å². The van der Waals surface area contributed by atoms with Gasteiger partial charge in [0, 0.05) is 30.8 Å². The number of rotatable bonds is 8. The van der Waals surface area contributed by atoms with Crippen molar-refractivity contribution in [2.45, 2.75) is 51.9 Å². The van der Waals surface area contributed by atoms with Crippen molar-refractivity contribution in [3.63, 3.8) is 0 Å². The molecule has 11 heteroatoms. The Balaban J connectivity index is 1.75. The second kappa shape index (κ2) is 10.2. The summed E-state index contributed by atoms with van der Waals surface area (Å²) in [6, 6.07) is 6.35. The van der Waals surface area contributed by atoms with Crippen LogP contribution in [-0.4, -0.2) is 64.2 Å². The third kappa shape index (κ3) is 5.41. The normalized spacial score (nSPS) is 18.2. The summed E-state index contributed by atoms with van der Waals surface area (Å²) in [5, 5.41) is 6.23. The number of ether oxygens (including phenoxy) is 2. The first-order chi connectivity index (χ1) is 15.3. The van der Waals surface area contributed by atoms with Crippen LogP contribution in [0.15, 0.2) is 33.6 Å². The summed E-state index contributed by atoms with van der Waals surface area (Å²) in [5.41, 5.74) is 0.956. The number of benzene rings is 1. The molecule has 32 heavy (non-hydrogen) atoms. The van der Waals surface area contributed by atoms with Crippen molar-refractivity contribution in [2.24, 2.45) is 0 Å². The van der Waals surface area contributed by atoms with E-state index in [0.29, 0.717) is 17.8 Å². The first-order valence-electron chi connectivity index (χ1n) is 10.4. The summed E-state index contributed by atoms with van der Waals surface area (Å²) in [7, 11) is 0. The Kier molecular flexibility index (Phi) is 7.41. The van der Waals surface area contributed by atoms with E-state index in [1.54, 1.807) is 29.2 Å². The molecule has 11 nitrogen and oxygen atoms in total. The number of esters is 1. The standard InChI is InChI=1S/C21H26N4O7/c1-4-5-12(2)25-10-11-30-17(20(25)28)16(31-13(3)26)19(27)22-15-8-6-14(7-9-15)18-23-21(29)32-24-18/h6-9,12,16-17H,4-5,10-11H2,1-3H3,(H,22,27)(H,23,24,29)/t12?,16-,17-/m1/s1. The van der Waals surface area contributed by atoms with E-state index in [9.17, 15) is 19.2 Å². The van der Waals surface area contributed by atoms with Crippen LogP contribution in [0.5, 0.6) is 0 Å². The van der Waals surface area contributed by atoms with Crippen LogP contribution in [0.1, 0.15) is 33.6 Å². The minimum atomic E-state index is -1.44. The van der Waals surface area contributed by atoms with Gasteiger partial charge in [0.05, 0.1) is 6.61 Å². The Morgan fingerprint density at radius 3 is 2.62 bits per heavy atom. The maximum atomic E-state index is 13.0. The van der Waals surface area contributed by atoms with Crippen molar-refractivity contribution in [2.75, 3.05) is 18.5 Å². The summed E-state index contributed by atoms with van der Waals surface area (Å²) in [6.07, 6.45) is -0.955. The van der Waals surface area contributed by atoms with E-state index in [1.165, 1.54) is 6.92 Å². The molecule has 0 saturated carbocycles. The minimum Gasteiger partial charge on any atom is -0.449 e. The third-order valence-corrected chi connectivity index (χ3v) is 5.09. The summed E-state index contributed by atoms with van der Waals surface area (Å²) in [4.78, 5) is 52.8. The van der Waals surface area contributed by atoms with Gasteiger partial charge in [0.25, 0.3) is 11.8 Å². The molecule has 3 atom stereocenters. The maximum Gasteiger partial charge on any atom is 0.439 e. The molecule has 0 radical (unpaired) electrons. The van der Waals surface area contributed by atoms with Crippen LogP contribution in [0.2, 0.25) is 0 Å². The van der Waals surface area contributed by atoms with Gasteiger partial charge < -0.3 is 19.7 Å². The molecule has 0 aliphatic carbocycles. The van der Waals surface area contributed by atoms with E-state index < -0.39 is 29.8 Å². The molecule has 2 aromatic rings. The highest BCUT2D eigenvalue weighted by atomic mass is 16.6. The van der Waals surface area contributed by atoms with Crippen molar-refractivity contribution in [3.8, 4) is 11.4 Å². The first kappa shape index (κ1) is 23.2. The van der Waals surface area contributed by atoms with Crippen LogP contribution < -0.4 is 11.1 Å². The topological polar surface area (TPSA) is 144 Å². The van der Waals surface area contributed by atoms with Crippen LogP contribution in [0.4, 0.5) is 5.69 Å². The van der Waals surface area contributed by atoms with E-state index in [4.69, 9.17) is 9.47 Å². The highest BCUT2D eigenvalue weighted by Crippen LogP contribution is 2.21. The summed E-state index contributed by atoms with van der Waals surface area (Å²) in [5.74, 6) is -2.21. The smallest absolute Gasteiger partial charge is 0.439 e. The van der Waals surface area contributed by atoms with E-state index in [1.807, 2.05) is 13.8 Å². The lowest BCUT2D eigenvalue weighted by Crippen LogP contribution is -2.58. The van der Waals surface area contributed by atoms with Crippen LogP contribution in [-0.2, 0) is 23.9 Å². The quantitative estimate of drug-likeness (QED) is 0.578. The number of morpholine rings is 1. The van der Waals surface area contributed by atoms with Crippen LogP contribution in [0.25, 0.3) is 11.4 Å². The molecule has 172 valence electrons. The van der Waals surface area contributed by atoms with E-state index in [2.05, 4.69) is 20.0 Å². The second-order valence-electron chi connectivity index (χ2n) is 7.50. The average molecular weight is 446 g/mol. The molecule has 1 unspecified atom stereocenters. The summed E-state index contributed by atoms with van der Waals surface area (Å²) in [6.45, 7) is 5.78. The zero-order valence-corrected chi connectivity index (χ0v) is 18.1. The molecule has 0 spiro atoms. The van der Waals surface area contributed by atoms with Gasteiger partial charge in [0.1, 0.15) is 0 Å². The molecule has 0 bridgehead atoms. The molecule has 1 fully saturated rings. The summed E-state index contributed by atoms with van der Waals surface area (Å²) >= 11 is 0. The highest BCUT2D eigenvalue weighted by molar-refractivity contribution is 6.00. The molecule has 2 heterocycles. The number of hydrogen-bond acceptors (Lipinski definition) is 8. The number of nitrogens with one attached hydrogen (secondary N) is 2. The van der Waals surface area contributed by atoms with E-state index >= 15 is 0 Å². The average Bonchev–Trinajstić information content (AvgIpc) is 3.19. The lowest BCUT2D eigenvalue weighted by molar-refractivity contribution is -0.178. The fourth-order valence-corrected chi connectivity index (χ4v) is 3.56. The highest BCUT2D eigenvalue weighted by Gasteiger charge is 2.43. The number of carbonyl (C=O) groups is 3. The third-order valence-electron chi connectivity index (χ3n) is 5.09. The number of amides is 2. The number of nitrogens with zero attached hydrogens (tertiary/aromatic N) is 2. The Labute approximate surface area is 184 Å². The molecular weight excluding hydrogens is 420 g/mol. The zero-order chi connectivity index (χ0) is 23.3. The van der Waals surface area contributed by atoms with Gasteiger partial charge in [-0.1, -0.05) is 18.5 Å². The first-order valence-corrected chi connectivity index (χ1v) is 10.4. The van der Waals surface area contributed by atoms with Crippen molar-refractivity contribution in [1.82, 2.24) is 15.0 Å². The fourth-order valence-electron chi connectivity index (χ4n) is 3.56. The van der Waals surface area contributed by atoms with Crippen LogP contribution in [0.3, 0.4) is 0 Å². The molecule has 1 aliphatic rings.